The Morgan fingerprint density at radius 2 is 1.86 bits per heavy atom. The molecule has 0 saturated carbocycles. The van der Waals surface area contributed by atoms with Gasteiger partial charge in [0, 0.05) is 18.6 Å². The first-order valence-electron chi connectivity index (χ1n) is 9.56. The number of likely N-dealkylation sites (tertiary alicyclic amines) is 2. The number of hydrogen-bond acceptors (Lipinski definition) is 3. The van der Waals surface area contributed by atoms with Crippen molar-refractivity contribution in [3.63, 3.8) is 0 Å². The van der Waals surface area contributed by atoms with E-state index in [2.05, 4.69) is 22.0 Å². The van der Waals surface area contributed by atoms with E-state index in [1.807, 2.05) is 0 Å². The highest BCUT2D eigenvalue weighted by Gasteiger charge is 2.32. The predicted molar refractivity (Wildman–Crippen MR) is 89.7 cm³/mol. The van der Waals surface area contributed by atoms with Crippen LogP contribution in [0.1, 0.15) is 58.3 Å². The van der Waals surface area contributed by atoms with E-state index in [0.717, 1.165) is 18.0 Å². The second-order valence-electron chi connectivity index (χ2n) is 7.53. The molecule has 3 rings (SSSR count). The van der Waals surface area contributed by atoms with E-state index in [9.17, 15) is 0 Å². The maximum Gasteiger partial charge on any atom is 0.0108 e. The number of rotatable bonds is 4. The van der Waals surface area contributed by atoms with Gasteiger partial charge < -0.3 is 15.1 Å². The van der Waals surface area contributed by atoms with Crippen LogP contribution in [0.4, 0.5) is 0 Å². The number of nitrogens with one attached hydrogen (secondary N) is 1. The van der Waals surface area contributed by atoms with E-state index in [1.54, 1.807) is 0 Å². The Morgan fingerprint density at radius 1 is 0.952 bits per heavy atom. The zero-order chi connectivity index (χ0) is 14.5. The van der Waals surface area contributed by atoms with Gasteiger partial charge in [0.2, 0.25) is 0 Å². The highest BCUT2D eigenvalue weighted by atomic mass is 15.2. The Kier molecular flexibility index (Phi) is 5.96. The molecule has 0 aromatic rings. The molecule has 3 nitrogen and oxygen atoms in total. The van der Waals surface area contributed by atoms with Crippen LogP contribution in [-0.2, 0) is 0 Å². The standard InChI is InChI=1S/C18H35N3/c1-2-11-20-12-5-7-17(9-14-20)21-13-4-6-16(15-21)18-8-3-10-19-18/h16-19H,2-15H2,1H3. The van der Waals surface area contributed by atoms with Gasteiger partial charge >= 0.3 is 0 Å². The Labute approximate surface area is 131 Å². The molecule has 0 spiro atoms. The smallest absolute Gasteiger partial charge is 0.0108 e. The first-order chi connectivity index (χ1) is 10.4. The van der Waals surface area contributed by atoms with E-state index in [0.29, 0.717) is 0 Å². The van der Waals surface area contributed by atoms with Crippen LogP contribution in [0.15, 0.2) is 0 Å². The molecule has 3 unspecified atom stereocenters. The maximum absolute atomic E-state index is 3.75. The Morgan fingerprint density at radius 3 is 2.67 bits per heavy atom. The fourth-order valence-electron chi connectivity index (χ4n) is 4.86. The van der Waals surface area contributed by atoms with Crippen molar-refractivity contribution in [2.75, 3.05) is 39.3 Å². The zero-order valence-electron chi connectivity index (χ0n) is 14.0. The van der Waals surface area contributed by atoms with Gasteiger partial charge in [-0.15, -0.1) is 0 Å². The van der Waals surface area contributed by atoms with Crippen molar-refractivity contribution in [2.24, 2.45) is 5.92 Å². The molecule has 3 aliphatic rings. The normalized spacial score (nSPS) is 36.7. The molecule has 3 heteroatoms. The van der Waals surface area contributed by atoms with Crippen LogP contribution in [0.2, 0.25) is 0 Å². The van der Waals surface area contributed by atoms with Crippen molar-refractivity contribution >= 4 is 0 Å². The summed E-state index contributed by atoms with van der Waals surface area (Å²) >= 11 is 0. The Hall–Kier alpha value is -0.120. The monoisotopic (exact) mass is 293 g/mol. The van der Waals surface area contributed by atoms with E-state index < -0.39 is 0 Å². The van der Waals surface area contributed by atoms with Gasteiger partial charge in [-0.05, 0) is 90.0 Å². The molecular formula is C18H35N3. The largest absolute Gasteiger partial charge is 0.314 e. The SMILES string of the molecule is CCCN1CCCC(N2CCCC(C3CCCN3)C2)CC1. The van der Waals surface area contributed by atoms with Gasteiger partial charge in [-0.2, -0.15) is 0 Å². The summed E-state index contributed by atoms with van der Waals surface area (Å²) in [5.41, 5.74) is 0. The molecule has 21 heavy (non-hydrogen) atoms. The summed E-state index contributed by atoms with van der Waals surface area (Å²) in [5, 5.41) is 3.75. The van der Waals surface area contributed by atoms with Crippen molar-refractivity contribution in [2.45, 2.75) is 70.4 Å². The average Bonchev–Trinajstić information content (AvgIpc) is 2.95. The lowest BCUT2D eigenvalue weighted by molar-refractivity contribution is 0.0982. The molecule has 3 atom stereocenters. The minimum absolute atomic E-state index is 0.829. The Bertz CT molecular complexity index is 301. The molecule has 0 aromatic carbocycles. The summed E-state index contributed by atoms with van der Waals surface area (Å²) in [7, 11) is 0. The molecule has 0 aromatic heterocycles. The van der Waals surface area contributed by atoms with Crippen LogP contribution >= 0.6 is 0 Å². The van der Waals surface area contributed by atoms with Crippen molar-refractivity contribution in [1.29, 1.82) is 0 Å². The predicted octanol–water partition coefficient (Wildman–Crippen LogP) is 2.71. The third-order valence-corrected chi connectivity index (χ3v) is 6.00. The lowest BCUT2D eigenvalue weighted by Gasteiger charge is -2.40. The Balaban J connectivity index is 1.51. The minimum Gasteiger partial charge on any atom is -0.314 e. The number of nitrogens with zero attached hydrogens (tertiary/aromatic N) is 2. The molecule has 122 valence electrons. The zero-order valence-corrected chi connectivity index (χ0v) is 14.0. The van der Waals surface area contributed by atoms with Crippen LogP contribution < -0.4 is 5.32 Å². The van der Waals surface area contributed by atoms with Crippen molar-refractivity contribution in [3.05, 3.63) is 0 Å². The van der Waals surface area contributed by atoms with Crippen LogP contribution in [0.5, 0.6) is 0 Å². The molecular weight excluding hydrogens is 258 g/mol. The van der Waals surface area contributed by atoms with Gasteiger partial charge in [-0.1, -0.05) is 6.92 Å². The first-order valence-corrected chi connectivity index (χ1v) is 9.56. The number of hydrogen-bond donors (Lipinski definition) is 1. The molecule has 1 N–H and O–H groups in total. The first kappa shape index (κ1) is 15.8. The van der Waals surface area contributed by atoms with Gasteiger partial charge in [-0.25, -0.2) is 0 Å². The lowest BCUT2D eigenvalue weighted by Crippen LogP contribution is -2.47. The second kappa shape index (κ2) is 7.94. The summed E-state index contributed by atoms with van der Waals surface area (Å²) in [6.45, 7) is 10.3. The van der Waals surface area contributed by atoms with Crippen molar-refractivity contribution in [3.8, 4) is 0 Å². The van der Waals surface area contributed by atoms with Crippen molar-refractivity contribution < 1.29 is 0 Å². The summed E-state index contributed by atoms with van der Waals surface area (Å²) in [5.74, 6) is 0.927. The molecule has 3 fully saturated rings. The van der Waals surface area contributed by atoms with E-state index in [4.69, 9.17) is 0 Å². The van der Waals surface area contributed by atoms with Crippen LogP contribution in [0, 0.1) is 5.92 Å². The fraction of sp³-hybridized carbons (Fsp3) is 1.00. The molecule has 3 saturated heterocycles. The molecule has 0 aliphatic carbocycles. The highest BCUT2D eigenvalue weighted by Crippen LogP contribution is 2.28. The topological polar surface area (TPSA) is 18.5 Å². The third-order valence-electron chi connectivity index (χ3n) is 6.00. The second-order valence-corrected chi connectivity index (χ2v) is 7.53. The van der Waals surface area contributed by atoms with Gasteiger partial charge in [0.25, 0.3) is 0 Å². The average molecular weight is 293 g/mol. The number of piperidine rings is 1. The summed E-state index contributed by atoms with van der Waals surface area (Å²) in [6.07, 6.45) is 11.3. The van der Waals surface area contributed by atoms with Crippen molar-refractivity contribution in [1.82, 2.24) is 15.1 Å². The lowest BCUT2D eigenvalue weighted by atomic mass is 9.88. The molecule has 0 bridgehead atoms. The van der Waals surface area contributed by atoms with Gasteiger partial charge in [0.05, 0.1) is 0 Å². The van der Waals surface area contributed by atoms with Gasteiger partial charge in [-0.3, -0.25) is 0 Å². The van der Waals surface area contributed by atoms with E-state index in [1.165, 1.54) is 90.6 Å². The van der Waals surface area contributed by atoms with Gasteiger partial charge in [0.15, 0.2) is 0 Å². The summed E-state index contributed by atoms with van der Waals surface area (Å²) < 4.78 is 0. The van der Waals surface area contributed by atoms with E-state index in [-0.39, 0.29) is 0 Å². The van der Waals surface area contributed by atoms with Crippen LogP contribution in [0.3, 0.4) is 0 Å². The quantitative estimate of drug-likeness (QED) is 0.860. The highest BCUT2D eigenvalue weighted by molar-refractivity contribution is 4.89. The fourth-order valence-corrected chi connectivity index (χ4v) is 4.86. The summed E-state index contributed by atoms with van der Waals surface area (Å²) in [4.78, 5) is 5.56. The molecule has 0 radical (unpaired) electrons. The van der Waals surface area contributed by atoms with E-state index >= 15 is 0 Å². The summed E-state index contributed by atoms with van der Waals surface area (Å²) in [6, 6.07) is 1.70. The molecule has 3 heterocycles. The van der Waals surface area contributed by atoms with Crippen LogP contribution in [-0.4, -0.2) is 61.2 Å². The molecule has 3 aliphatic heterocycles. The van der Waals surface area contributed by atoms with Gasteiger partial charge in [0.1, 0.15) is 0 Å². The molecule has 0 amide bonds. The third kappa shape index (κ3) is 4.20. The van der Waals surface area contributed by atoms with Crippen LogP contribution in [0.25, 0.3) is 0 Å². The maximum atomic E-state index is 3.75. The minimum atomic E-state index is 0.829.